The molecule has 42 heavy (non-hydrogen) atoms. The number of aliphatic hydroxyl groups is 2. The van der Waals surface area contributed by atoms with Crippen LogP contribution in [0.1, 0.15) is 113 Å². The van der Waals surface area contributed by atoms with E-state index in [0.717, 1.165) is 29.6 Å². The Bertz CT molecular complexity index is 1020. The summed E-state index contributed by atoms with van der Waals surface area (Å²) >= 11 is 0. The highest BCUT2D eigenvalue weighted by Gasteiger charge is 2.75. The Hall–Kier alpha value is -0.210. The molecule has 1 spiro atoms. The maximum Gasteiger partial charge on any atom is 0.362 e. The van der Waals surface area contributed by atoms with Crippen molar-refractivity contribution in [1.29, 1.82) is 0 Å². The summed E-state index contributed by atoms with van der Waals surface area (Å²) in [7, 11) is 0. The van der Waals surface area contributed by atoms with Gasteiger partial charge in [0.25, 0.3) is 0 Å². The van der Waals surface area contributed by atoms with Gasteiger partial charge < -0.3 is 41.6 Å². The van der Waals surface area contributed by atoms with E-state index in [1.165, 1.54) is 51.4 Å². The number of esters is 1. The minimum absolute atomic E-state index is 0. The molecule has 242 valence electrons. The summed E-state index contributed by atoms with van der Waals surface area (Å²) in [5, 5.41) is 18.8. The van der Waals surface area contributed by atoms with Crippen molar-refractivity contribution in [3.05, 3.63) is 0 Å². The van der Waals surface area contributed by atoms with Gasteiger partial charge in [-0.3, -0.25) is 0 Å². The van der Waals surface area contributed by atoms with Crippen molar-refractivity contribution in [2.45, 2.75) is 130 Å². The molecule has 10 atom stereocenters. The van der Waals surface area contributed by atoms with Crippen molar-refractivity contribution >= 4 is 5.97 Å². The summed E-state index contributed by atoms with van der Waals surface area (Å²) < 4.78 is 13.1. The number of fused-ring (bicyclic) bond motifs is 7. The van der Waals surface area contributed by atoms with Crippen LogP contribution in [-0.4, -0.2) is 66.8 Å². The first-order chi connectivity index (χ1) is 19.2. The van der Waals surface area contributed by atoms with E-state index < -0.39 is 0 Å². The summed E-state index contributed by atoms with van der Waals surface area (Å²) in [5.41, 5.74) is 1.39. The quantitative estimate of drug-likeness (QED) is 0.362. The minimum atomic E-state index is -0.190. The van der Waals surface area contributed by atoms with Crippen molar-refractivity contribution in [3.8, 4) is 0 Å². The number of halogens is 1. The van der Waals surface area contributed by atoms with Crippen LogP contribution in [0.3, 0.4) is 0 Å². The van der Waals surface area contributed by atoms with E-state index >= 15 is 0 Å². The van der Waals surface area contributed by atoms with Crippen LogP contribution in [0.15, 0.2) is 0 Å². The van der Waals surface area contributed by atoms with Crippen LogP contribution in [0.2, 0.25) is 0 Å². The predicted molar refractivity (Wildman–Crippen MR) is 159 cm³/mol. The van der Waals surface area contributed by atoms with Gasteiger partial charge in [-0.2, -0.15) is 0 Å². The van der Waals surface area contributed by atoms with Gasteiger partial charge in [-0.1, -0.05) is 48.5 Å². The van der Waals surface area contributed by atoms with Gasteiger partial charge in [0.2, 0.25) is 0 Å². The Kier molecular flexibility index (Phi) is 8.65. The Morgan fingerprint density at radius 2 is 1.48 bits per heavy atom. The number of rotatable bonds is 7. The normalized spacial score (nSPS) is 48.0. The van der Waals surface area contributed by atoms with Crippen molar-refractivity contribution in [3.63, 3.8) is 0 Å². The molecular formula is C35H60BrNO5. The van der Waals surface area contributed by atoms with E-state index in [4.69, 9.17) is 9.47 Å². The van der Waals surface area contributed by atoms with E-state index in [0.29, 0.717) is 47.3 Å². The molecule has 2 aliphatic heterocycles. The molecule has 2 heterocycles. The van der Waals surface area contributed by atoms with E-state index in [1.807, 2.05) is 0 Å². The fraction of sp³-hybridized carbons (Fsp3) is 0.971. The highest BCUT2D eigenvalue weighted by molar-refractivity contribution is 5.70. The molecule has 5 saturated carbocycles. The van der Waals surface area contributed by atoms with Crippen molar-refractivity contribution in [1.82, 2.24) is 0 Å². The molecule has 0 radical (unpaired) electrons. The number of carbonyl (C=O) groups is 1. The third kappa shape index (κ3) is 4.54. The monoisotopic (exact) mass is 653 g/mol. The lowest BCUT2D eigenvalue weighted by Gasteiger charge is -2.77. The van der Waals surface area contributed by atoms with Gasteiger partial charge in [0, 0.05) is 11.3 Å². The van der Waals surface area contributed by atoms with Gasteiger partial charge in [-0.15, -0.1) is 0 Å². The molecule has 0 aromatic heterocycles. The molecule has 3 N–H and O–H groups in total. The van der Waals surface area contributed by atoms with Crippen LogP contribution in [0.5, 0.6) is 0 Å². The molecule has 2 saturated heterocycles. The van der Waals surface area contributed by atoms with Crippen LogP contribution in [0.25, 0.3) is 0 Å². The van der Waals surface area contributed by atoms with Crippen molar-refractivity contribution in [2.75, 3.05) is 32.8 Å². The molecule has 5 aliphatic carbocycles. The Morgan fingerprint density at radius 3 is 2.12 bits per heavy atom. The first-order valence-corrected chi connectivity index (χ1v) is 17.1. The summed E-state index contributed by atoms with van der Waals surface area (Å²) in [5.74, 6) is 2.59. The lowest BCUT2D eigenvalue weighted by atomic mass is 9.31. The Morgan fingerprint density at radius 1 is 0.810 bits per heavy atom. The fourth-order valence-electron chi connectivity index (χ4n) is 12.8. The fourth-order valence-corrected chi connectivity index (χ4v) is 12.8. The third-order valence-electron chi connectivity index (χ3n) is 15.2. The third-order valence-corrected chi connectivity index (χ3v) is 15.2. The largest absolute Gasteiger partial charge is 1.00 e. The summed E-state index contributed by atoms with van der Waals surface area (Å²) in [6.45, 7) is 18.8. The summed E-state index contributed by atoms with van der Waals surface area (Å²) in [4.78, 5) is 13.9. The number of ether oxygens (including phenoxy) is 2. The number of hydrogen-bond acceptors (Lipinski definition) is 5. The lowest BCUT2D eigenvalue weighted by Crippen LogP contribution is -3.14. The Balaban J connectivity index is 0.00000353. The van der Waals surface area contributed by atoms with Gasteiger partial charge in [0.05, 0.1) is 24.9 Å². The molecule has 0 aromatic rings. The first kappa shape index (κ1) is 33.2. The van der Waals surface area contributed by atoms with E-state index in [2.05, 4.69) is 48.5 Å². The number of nitrogens with one attached hydrogen (secondary N) is 1. The molecule has 7 aliphatic rings. The SMILES string of the molecule is CC1(C)CC[C@]23CC[C@]4(C)[C@H](CC[C@@H]5[C@@]6(C)CC[C@H](OC(=O)C[NH+](CCO)CCO)C(C)(C)[C@@H]6CC[C@]54C)[C@H]2[C@H]1O3.[Br-]. The molecule has 6 nitrogen and oxygen atoms in total. The smallest absolute Gasteiger partial charge is 0.362 e. The van der Waals surface area contributed by atoms with Gasteiger partial charge in [0.15, 0.2) is 6.54 Å². The van der Waals surface area contributed by atoms with Crippen LogP contribution < -0.4 is 21.9 Å². The topological polar surface area (TPSA) is 80.4 Å². The second kappa shape index (κ2) is 11.0. The first-order valence-electron chi connectivity index (χ1n) is 17.1. The molecular weight excluding hydrogens is 594 g/mol. The molecule has 7 heteroatoms. The van der Waals surface area contributed by atoms with E-state index in [9.17, 15) is 15.0 Å². The summed E-state index contributed by atoms with van der Waals surface area (Å²) in [6.07, 6.45) is 12.8. The molecule has 0 amide bonds. The number of quaternary nitrogens is 1. The molecule has 7 fully saturated rings. The van der Waals surface area contributed by atoms with Gasteiger partial charge in [0.1, 0.15) is 19.2 Å². The van der Waals surface area contributed by atoms with Crippen LogP contribution in [-0.2, 0) is 14.3 Å². The standard InChI is InChI=1S/C35H59NO5.BrH/c1-30(2)14-16-35-17-15-33(6)23(28(35)29(30)41-35)8-9-25-32(5)12-11-26(31(3,4)24(32)10-13-34(25,33)7)40-27(39)22-36(18-20-37)19-21-38;/h23-26,28-29,37-38H,8-22H2,1-7H3;1H/t23-,24+,25-,26+,28+,29-,32+,33-,34-,35+;/m1./s1. The predicted octanol–water partition coefficient (Wildman–Crippen LogP) is 1.41. The average Bonchev–Trinajstić information content (AvgIpc) is 2.87. The highest BCUT2D eigenvalue weighted by atomic mass is 79.9. The zero-order chi connectivity index (χ0) is 29.6. The van der Waals surface area contributed by atoms with Gasteiger partial charge in [-0.25, -0.2) is 4.79 Å². The molecule has 2 bridgehead atoms. The zero-order valence-electron chi connectivity index (χ0n) is 27.6. The van der Waals surface area contributed by atoms with Crippen LogP contribution in [0.4, 0.5) is 0 Å². The van der Waals surface area contributed by atoms with Crippen LogP contribution in [0, 0.1) is 50.7 Å². The second-order valence-corrected chi connectivity index (χ2v) is 17.5. The van der Waals surface area contributed by atoms with Crippen LogP contribution >= 0.6 is 0 Å². The van der Waals surface area contributed by atoms with E-state index in [-0.39, 0.29) is 65.2 Å². The number of aliphatic hydroxyl groups excluding tert-OH is 2. The number of hydrogen-bond donors (Lipinski definition) is 3. The molecule has 7 rings (SSSR count). The maximum absolute atomic E-state index is 13.1. The van der Waals surface area contributed by atoms with Crippen molar-refractivity contribution in [2.24, 2.45) is 50.7 Å². The maximum atomic E-state index is 13.1. The van der Waals surface area contributed by atoms with Gasteiger partial charge >= 0.3 is 5.97 Å². The molecule has 0 aromatic carbocycles. The average molecular weight is 655 g/mol. The second-order valence-electron chi connectivity index (χ2n) is 17.5. The zero-order valence-corrected chi connectivity index (χ0v) is 29.2. The van der Waals surface area contributed by atoms with Gasteiger partial charge in [-0.05, 0) is 104 Å². The Labute approximate surface area is 265 Å². The minimum Gasteiger partial charge on any atom is -1.00 e. The van der Waals surface area contributed by atoms with E-state index in [1.54, 1.807) is 0 Å². The summed E-state index contributed by atoms with van der Waals surface area (Å²) in [6, 6.07) is 0. The number of carbonyl (C=O) groups excluding carboxylic acids is 1. The lowest BCUT2D eigenvalue weighted by molar-refractivity contribution is -0.893. The van der Waals surface area contributed by atoms with Crippen molar-refractivity contribution < 1.29 is 46.4 Å². The highest BCUT2D eigenvalue weighted by Crippen LogP contribution is 2.78. The molecule has 0 unspecified atom stereocenters.